The third-order valence-electron chi connectivity index (χ3n) is 3.42. The monoisotopic (exact) mass is 341 g/mol. The molecule has 0 radical (unpaired) electrons. The first-order valence-corrected chi connectivity index (χ1v) is 9.20. The first kappa shape index (κ1) is 19.2. The van der Waals surface area contributed by atoms with Gasteiger partial charge >= 0.3 is 5.97 Å². The Morgan fingerprint density at radius 3 is 2.17 bits per heavy atom. The summed E-state index contributed by atoms with van der Waals surface area (Å²) in [5.74, 6) is -1.45. The van der Waals surface area contributed by atoms with Gasteiger partial charge in [-0.1, -0.05) is 13.3 Å². The van der Waals surface area contributed by atoms with Crippen molar-refractivity contribution in [2.24, 2.45) is 0 Å². The van der Waals surface area contributed by atoms with Crippen LogP contribution in [0.25, 0.3) is 0 Å². The van der Waals surface area contributed by atoms with E-state index in [1.54, 1.807) is 13.8 Å². The van der Waals surface area contributed by atoms with E-state index >= 15 is 0 Å². The fourth-order valence-corrected chi connectivity index (χ4v) is 3.51. The first-order valence-electron chi connectivity index (χ1n) is 7.54. The highest BCUT2D eigenvalue weighted by Crippen LogP contribution is 2.16. The number of benzene rings is 1. The van der Waals surface area contributed by atoms with Crippen LogP contribution in [0.4, 0.5) is 0 Å². The zero-order chi connectivity index (χ0) is 17.6. The molecule has 1 rings (SSSR count). The van der Waals surface area contributed by atoms with E-state index in [1.165, 1.54) is 29.2 Å². The van der Waals surface area contributed by atoms with Gasteiger partial charge in [0.05, 0.1) is 10.6 Å². The Bertz CT molecular complexity index is 650. The smallest absolute Gasteiger partial charge is 0.323 e. The lowest BCUT2D eigenvalue weighted by Crippen LogP contribution is -2.40. The summed E-state index contributed by atoms with van der Waals surface area (Å²) >= 11 is 0. The molecule has 0 aliphatic carbocycles. The van der Waals surface area contributed by atoms with Crippen LogP contribution in [-0.2, 0) is 14.6 Å². The van der Waals surface area contributed by atoms with Crippen molar-refractivity contribution in [3.8, 4) is 0 Å². The van der Waals surface area contributed by atoms with Crippen LogP contribution in [0, 0.1) is 0 Å². The Kier molecular flexibility index (Phi) is 6.75. The van der Waals surface area contributed by atoms with E-state index in [2.05, 4.69) is 0 Å². The maximum absolute atomic E-state index is 12.4. The second-order valence-corrected chi connectivity index (χ2v) is 7.73. The van der Waals surface area contributed by atoms with Crippen molar-refractivity contribution < 1.29 is 23.1 Å². The Morgan fingerprint density at radius 2 is 1.74 bits per heavy atom. The molecule has 0 saturated heterocycles. The number of hydrogen-bond donors (Lipinski definition) is 1. The molecule has 1 aromatic carbocycles. The van der Waals surface area contributed by atoms with Crippen molar-refractivity contribution in [1.29, 1.82) is 0 Å². The maximum Gasteiger partial charge on any atom is 0.323 e. The van der Waals surface area contributed by atoms with E-state index < -0.39 is 28.3 Å². The van der Waals surface area contributed by atoms with E-state index in [4.69, 9.17) is 5.11 Å². The molecular formula is C16H23NO5S. The zero-order valence-corrected chi connectivity index (χ0v) is 14.5. The van der Waals surface area contributed by atoms with Gasteiger partial charge in [0, 0.05) is 11.6 Å². The highest BCUT2D eigenvalue weighted by Gasteiger charge is 2.22. The number of sulfone groups is 1. The summed E-state index contributed by atoms with van der Waals surface area (Å²) in [5.41, 5.74) is 0.273. The molecule has 0 heterocycles. The van der Waals surface area contributed by atoms with Gasteiger partial charge in [-0.2, -0.15) is 0 Å². The molecule has 0 saturated carbocycles. The van der Waals surface area contributed by atoms with Gasteiger partial charge in [0.15, 0.2) is 9.84 Å². The van der Waals surface area contributed by atoms with Crippen LogP contribution in [0.15, 0.2) is 29.2 Å². The van der Waals surface area contributed by atoms with Crippen LogP contribution in [0.3, 0.4) is 0 Å². The number of rotatable bonds is 8. The minimum absolute atomic E-state index is 0.0773. The van der Waals surface area contributed by atoms with Crippen molar-refractivity contribution in [1.82, 2.24) is 4.90 Å². The fraction of sp³-hybridized carbons (Fsp3) is 0.500. The summed E-state index contributed by atoms with van der Waals surface area (Å²) in [6.45, 7) is 4.97. The topological polar surface area (TPSA) is 91.8 Å². The van der Waals surface area contributed by atoms with Crippen molar-refractivity contribution >= 4 is 21.7 Å². The van der Waals surface area contributed by atoms with Gasteiger partial charge < -0.3 is 10.0 Å². The number of carboxylic acid groups (broad SMARTS) is 1. The van der Waals surface area contributed by atoms with Crippen LogP contribution >= 0.6 is 0 Å². The van der Waals surface area contributed by atoms with Gasteiger partial charge in [-0.15, -0.1) is 0 Å². The van der Waals surface area contributed by atoms with Gasteiger partial charge in [0.25, 0.3) is 5.91 Å². The average Bonchev–Trinajstić information content (AvgIpc) is 2.49. The lowest BCUT2D eigenvalue weighted by Gasteiger charge is -2.25. The molecule has 0 atom stereocenters. The lowest BCUT2D eigenvalue weighted by molar-refractivity contribution is -0.138. The van der Waals surface area contributed by atoms with Crippen LogP contribution < -0.4 is 0 Å². The molecule has 23 heavy (non-hydrogen) atoms. The average molecular weight is 341 g/mol. The number of carboxylic acids is 1. The second-order valence-electron chi connectivity index (χ2n) is 5.62. The van der Waals surface area contributed by atoms with Gasteiger partial charge in [0.1, 0.15) is 6.54 Å². The van der Waals surface area contributed by atoms with Crippen molar-refractivity contribution in [3.63, 3.8) is 0 Å². The van der Waals surface area contributed by atoms with Crippen LogP contribution in [0.2, 0.25) is 0 Å². The summed E-state index contributed by atoms with van der Waals surface area (Å²) in [7, 11) is -3.34. The normalized spacial score (nSPS) is 11.5. The maximum atomic E-state index is 12.4. The molecule has 0 aromatic heterocycles. The summed E-state index contributed by atoms with van der Waals surface area (Å²) in [4.78, 5) is 24.6. The first-order chi connectivity index (χ1) is 10.7. The molecule has 6 nitrogen and oxygen atoms in total. The molecule has 7 heteroatoms. The lowest BCUT2D eigenvalue weighted by atomic mass is 10.1. The molecule has 128 valence electrons. The molecule has 0 bridgehead atoms. The number of aliphatic carboxylic acids is 1. The highest BCUT2D eigenvalue weighted by molar-refractivity contribution is 7.91. The molecule has 1 amide bonds. The Balaban J connectivity index is 2.99. The fourth-order valence-electron chi connectivity index (χ4n) is 2.06. The standard InChI is InChI=1S/C16H23NO5S/c1-4-5-10-23(21,22)14-8-6-13(7-9-14)16(20)17(12(2)3)11-15(18)19/h6-9,12H,4-5,10-11H2,1-3H3,(H,18,19). The Morgan fingerprint density at radius 1 is 1.17 bits per heavy atom. The molecular weight excluding hydrogens is 318 g/mol. The number of carbonyl (C=O) groups is 2. The minimum Gasteiger partial charge on any atom is -0.480 e. The van der Waals surface area contributed by atoms with Gasteiger partial charge in [0.2, 0.25) is 0 Å². The zero-order valence-electron chi connectivity index (χ0n) is 13.7. The molecule has 1 aromatic rings. The van der Waals surface area contributed by atoms with E-state index in [9.17, 15) is 18.0 Å². The van der Waals surface area contributed by atoms with Gasteiger partial charge in [-0.25, -0.2) is 8.42 Å². The minimum atomic E-state index is -3.34. The van der Waals surface area contributed by atoms with Gasteiger partial charge in [-0.05, 0) is 44.5 Å². The quantitative estimate of drug-likeness (QED) is 0.782. The summed E-state index contributed by atoms with van der Waals surface area (Å²) < 4.78 is 24.2. The Labute approximate surface area is 137 Å². The van der Waals surface area contributed by atoms with Crippen molar-refractivity contribution in [3.05, 3.63) is 29.8 Å². The van der Waals surface area contributed by atoms with E-state index in [1.807, 2.05) is 6.92 Å². The summed E-state index contributed by atoms with van der Waals surface area (Å²) in [5, 5.41) is 8.89. The Hall–Kier alpha value is -1.89. The third kappa shape index (κ3) is 5.35. The highest BCUT2D eigenvalue weighted by atomic mass is 32.2. The van der Waals surface area contributed by atoms with Crippen LogP contribution in [0.5, 0.6) is 0 Å². The third-order valence-corrected chi connectivity index (χ3v) is 5.23. The number of unbranched alkanes of at least 4 members (excludes halogenated alkanes) is 1. The predicted molar refractivity (Wildman–Crippen MR) is 87.2 cm³/mol. The second kappa shape index (κ2) is 8.10. The molecule has 0 spiro atoms. The molecule has 0 aliphatic rings. The summed E-state index contributed by atoms with van der Waals surface area (Å²) in [6.07, 6.45) is 1.37. The SMILES string of the molecule is CCCCS(=O)(=O)c1ccc(C(=O)N(CC(=O)O)C(C)C)cc1. The van der Waals surface area contributed by atoms with E-state index in [0.717, 1.165) is 6.42 Å². The van der Waals surface area contributed by atoms with Crippen LogP contribution in [-0.4, -0.2) is 48.6 Å². The number of nitrogens with zero attached hydrogens (tertiary/aromatic N) is 1. The van der Waals surface area contributed by atoms with Gasteiger partial charge in [-0.3, -0.25) is 9.59 Å². The molecule has 1 N–H and O–H groups in total. The summed E-state index contributed by atoms with van der Waals surface area (Å²) in [6, 6.07) is 5.39. The van der Waals surface area contributed by atoms with E-state index in [0.29, 0.717) is 6.42 Å². The van der Waals surface area contributed by atoms with Crippen LogP contribution in [0.1, 0.15) is 44.0 Å². The largest absolute Gasteiger partial charge is 0.480 e. The van der Waals surface area contributed by atoms with E-state index in [-0.39, 0.29) is 22.3 Å². The predicted octanol–water partition coefficient (Wildman–Crippen LogP) is 2.20. The van der Waals surface area contributed by atoms with Crippen molar-refractivity contribution in [2.75, 3.05) is 12.3 Å². The molecule has 0 fully saturated rings. The molecule has 0 unspecified atom stereocenters. The van der Waals surface area contributed by atoms with Crippen molar-refractivity contribution in [2.45, 2.75) is 44.6 Å². The number of carbonyl (C=O) groups excluding carboxylic acids is 1. The number of hydrogen-bond acceptors (Lipinski definition) is 4. The molecule has 0 aliphatic heterocycles. The number of amides is 1.